The number of hydrogen-bond acceptors (Lipinski definition) is 2. The van der Waals surface area contributed by atoms with E-state index in [0.717, 1.165) is 16.7 Å². The van der Waals surface area contributed by atoms with Gasteiger partial charge in [0.2, 0.25) is 5.91 Å². The SMILES string of the molecule is CC(NC(=O)/C=C/CN(C)C)c1ccccc1-c1ccc(F)cc1. The monoisotopic (exact) mass is 326 g/mol. The van der Waals surface area contributed by atoms with E-state index < -0.39 is 0 Å². The van der Waals surface area contributed by atoms with Crippen LogP contribution in [0.4, 0.5) is 4.39 Å². The van der Waals surface area contributed by atoms with E-state index in [1.165, 1.54) is 12.1 Å². The second-order valence-corrected chi connectivity index (χ2v) is 5.99. The maximum absolute atomic E-state index is 13.1. The number of hydrogen-bond donors (Lipinski definition) is 1. The van der Waals surface area contributed by atoms with Crippen molar-refractivity contribution in [1.82, 2.24) is 10.2 Å². The predicted molar refractivity (Wildman–Crippen MR) is 96.1 cm³/mol. The van der Waals surface area contributed by atoms with Gasteiger partial charge in [-0.15, -0.1) is 0 Å². The number of nitrogens with one attached hydrogen (secondary N) is 1. The number of carbonyl (C=O) groups is 1. The van der Waals surface area contributed by atoms with Crippen LogP contribution >= 0.6 is 0 Å². The Morgan fingerprint density at radius 1 is 1.17 bits per heavy atom. The van der Waals surface area contributed by atoms with E-state index in [4.69, 9.17) is 0 Å². The van der Waals surface area contributed by atoms with Gasteiger partial charge in [0.1, 0.15) is 5.82 Å². The molecule has 0 aliphatic rings. The van der Waals surface area contributed by atoms with Gasteiger partial charge in [-0.25, -0.2) is 4.39 Å². The van der Waals surface area contributed by atoms with Crippen LogP contribution in [0.1, 0.15) is 18.5 Å². The highest BCUT2D eigenvalue weighted by molar-refractivity contribution is 5.88. The van der Waals surface area contributed by atoms with E-state index in [0.29, 0.717) is 6.54 Å². The first kappa shape index (κ1) is 17.9. The molecular weight excluding hydrogens is 303 g/mol. The molecule has 0 heterocycles. The number of nitrogens with zero attached hydrogens (tertiary/aromatic N) is 1. The number of amides is 1. The molecule has 1 unspecified atom stereocenters. The van der Waals surface area contributed by atoms with Crippen molar-refractivity contribution in [3.63, 3.8) is 0 Å². The maximum atomic E-state index is 13.1. The van der Waals surface area contributed by atoms with Crippen LogP contribution in [0.2, 0.25) is 0 Å². The molecule has 2 aromatic rings. The fourth-order valence-corrected chi connectivity index (χ4v) is 2.48. The van der Waals surface area contributed by atoms with Crippen molar-refractivity contribution in [2.45, 2.75) is 13.0 Å². The number of rotatable bonds is 6. The summed E-state index contributed by atoms with van der Waals surface area (Å²) in [6.07, 6.45) is 3.38. The van der Waals surface area contributed by atoms with Gasteiger partial charge >= 0.3 is 0 Å². The largest absolute Gasteiger partial charge is 0.346 e. The highest BCUT2D eigenvalue weighted by Gasteiger charge is 2.13. The predicted octanol–water partition coefficient (Wildman–Crippen LogP) is 3.79. The van der Waals surface area contributed by atoms with Crippen molar-refractivity contribution in [1.29, 1.82) is 0 Å². The first-order valence-electron chi connectivity index (χ1n) is 7.94. The Balaban J connectivity index is 2.15. The lowest BCUT2D eigenvalue weighted by Gasteiger charge is -2.17. The Bertz CT molecular complexity index is 708. The van der Waals surface area contributed by atoms with E-state index in [1.54, 1.807) is 18.2 Å². The number of halogens is 1. The molecule has 0 aliphatic carbocycles. The zero-order valence-corrected chi connectivity index (χ0v) is 14.3. The van der Waals surface area contributed by atoms with Crippen LogP contribution < -0.4 is 5.32 Å². The Morgan fingerprint density at radius 2 is 1.83 bits per heavy atom. The molecule has 126 valence electrons. The highest BCUT2D eigenvalue weighted by Crippen LogP contribution is 2.28. The summed E-state index contributed by atoms with van der Waals surface area (Å²) < 4.78 is 13.1. The molecule has 0 fully saturated rings. The smallest absolute Gasteiger partial charge is 0.244 e. The second kappa shape index (κ2) is 8.41. The van der Waals surface area contributed by atoms with Crippen molar-refractivity contribution in [3.8, 4) is 11.1 Å². The minimum atomic E-state index is -0.261. The van der Waals surface area contributed by atoms with Crippen LogP contribution in [0.25, 0.3) is 11.1 Å². The van der Waals surface area contributed by atoms with E-state index >= 15 is 0 Å². The molecule has 2 rings (SSSR count). The molecule has 0 radical (unpaired) electrons. The third-order valence-electron chi connectivity index (χ3n) is 3.68. The van der Waals surface area contributed by atoms with Crippen LogP contribution in [-0.4, -0.2) is 31.4 Å². The highest BCUT2D eigenvalue weighted by atomic mass is 19.1. The molecule has 0 aliphatic heterocycles. The molecule has 0 saturated carbocycles. The van der Waals surface area contributed by atoms with Crippen LogP contribution in [0.15, 0.2) is 60.7 Å². The van der Waals surface area contributed by atoms with E-state index in [2.05, 4.69) is 5.32 Å². The number of carbonyl (C=O) groups excluding carboxylic acids is 1. The topological polar surface area (TPSA) is 32.3 Å². The Kier molecular flexibility index (Phi) is 6.27. The molecule has 2 aromatic carbocycles. The summed E-state index contributed by atoms with van der Waals surface area (Å²) in [5.41, 5.74) is 2.91. The summed E-state index contributed by atoms with van der Waals surface area (Å²) in [6.45, 7) is 2.66. The Labute approximate surface area is 142 Å². The van der Waals surface area contributed by atoms with Gasteiger partial charge in [-0.3, -0.25) is 4.79 Å². The molecule has 0 saturated heterocycles. The van der Waals surface area contributed by atoms with Gasteiger partial charge in [-0.2, -0.15) is 0 Å². The minimum absolute atomic E-state index is 0.127. The quantitative estimate of drug-likeness (QED) is 0.819. The Morgan fingerprint density at radius 3 is 2.50 bits per heavy atom. The van der Waals surface area contributed by atoms with Gasteiger partial charge in [0.25, 0.3) is 0 Å². The molecule has 1 atom stereocenters. The minimum Gasteiger partial charge on any atom is -0.346 e. The van der Waals surface area contributed by atoms with Gasteiger partial charge in [-0.05, 0) is 49.8 Å². The van der Waals surface area contributed by atoms with Gasteiger partial charge in [0, 0.05) is 12.6 Å². The van der Waals surface area contributed by atoms with Crippen molar-refractivity contribution >= 4 is 5.91 Å². The van der Waals surface area contributed by atoms with Crippen molar-refractivity contribution in [2.75, 3.05) is 20.6 Å². The van der Waals surface area contributed by atoms with Gasteiger partial charge < -0.3 is 10.2 Å². The summed E-state index contributed by atoms with van der Waals surface area (Å²) in [5.74, 6) is -0.387. The van der Waals surface area contributed by atoms with Crippen molar-refractivity contribution in [3.05, 3.63) is 72.1 Å². The molecule has 1 N–H and O–H groups in total. The van der Waals surface area contributed by atoms with Gasteiger partial charge in [-0.1, -0.05) is 42.5 Å². The number of likely N-dealkylation sites (N-methyl/N-ethyl adjacent to an activating group) is 1. The van der Waals surface area contributed by atoms with Crippen molar-refractivity contribution < 1.29 is 9.18 Å². The Hall–Kier alpha value is -2.46. The molecule has 1 amide bonds. The fraction of sp³-hybridized carbons (Fsp3) is 0.250. The third kappa shape index (κ3) is 5.03. The van der Waals surface area contributed by atoms with E-state index in [-0.39, 0.29) is 17.8 Å². The molecule has 0 spiro atoms. The van der Waals surface area contributed by atoms with E-state index in [9.17, 15) is 9.18 Å². The first-order chi connectivity index (χ1) is 11.5. The molecule has 4 heteroatoms. The van der Waals surface area contributed by atoms with Crippen LogP contribution in [0.5, 0.6) is 0 Å². The summed E-state index contributed by atoms with van der Waals surface area (Å²) >= 11 is 0. The molecule has 3 nitrogen and oxygen atoms in total. The molecule has 24 heavy (non-hydrogen) atoms. The van der Waals surface area contributed by atoms with Gasteiger partial charge in [0.15, 0.2) is 0 Å². The summed E-state index contributed by atoms with van der Waals surface area (Å²) in [5, 5.41) is 2.97. The lowest BCUT2D eigenvalue weighted by Crippen LogP contribution is -2.25. The van der Waals surface area contributed by atoms with Crippen molar-refractivity contribution in [2.24, 2.45) is 0 Å². The molecular formula is C20H23FN2O. The lowest BCUT2D eigenvalue weighted by atomic mass is 9.95. The van der Waals surface area contributed by atoms with Crippen LogP contribution in [-0.2, 0) is 4.79 Å². The zero-order chi connectivity index (χ0) is 17.5. The second-order valence-electron chi connectivity index (χ2n) is 5.99. The maximum Gasteiger partial charge on any atom is 0.244 e. The number of benzene rings is 2. The average molecular weight is 326 g/mol. The van der Waals surface area contributed by atoms with Crippen LogP contribution in [0, 0.1) is 5.82 Å². The zero-order valence-electron chi connectivity index (χ0n) is 14.3. The van der Waals surface area contributed by atoms with E-state index in [1.807, 2.05) is 56.3 Å². The standard InChI is InChI=1S/C20H23FN2O/c1-15(22-20(24)9-6-14-23(2)3)18-7-4-5-8-19(18)16-10-12-17(21)13-11-16/h4-13,15H,14H2,1-3H3,(H,22,24)/b9-6+. The van der Waals surface area contributed by atoms with Crippen LogP contribution in [0.3, 0.4) is 0 Å². The molecule has 0 bridgehead atoms. The normalized spacial score (nSPS) is 12.5. The van der Waals surface area contributed by atoms with Gasteiger partial charge in [0.05, 0.1) is 6.04 Å². The first-order valence-corrected chi connectivity index (χ1v) is 7.94. The average Bonchev–Trinajstić information content (AvgIpc) is 2.55. The third-order valence-corrected chi connectivity index (χ3v) is 3.68. The summed E-state index contributed by atoms with van der Waals surface area (Å²) in [6, 6.07) is 14.1. The summed E-state index contributed by atoms with van der Waals surface area (Å²) in [4.78, 5) is 14.0. The lowest BCUT2D eigenvalue weighted by molar-refractivity contribution is -0.117. The fourth-order valence-electron chi connectivity index (χ4n) is 2.48. The molecule has 0 aromatic heterocycles. The summed E-state index contributed by atoms with van der Waals surface area (Å²) in [7, 11) is 3.90.